The number of hydrogen-bond acceptors (Lipinski definition) is 4. The van der Waals surface area contributed by atoms with Crippen LogP contribution in [0, 0.1) is 0 Å². The lowest BCUT2D eigenvalue weighted by Gasteiger charge is -2.11. The van der Waals surface area contributed by atoms with Gasteiger partial charge in [0.1, 0.15) is 5.75 Å². The first-order valence-corrected chi connectivity index (χ1v) is 7.27. The Morgan fingerprint density at radius 1 is 1.14 bits per heavy atom. The average Bonchev–Trinajstić information content (AvgIpc) is 3.02. The minimum absolute atomic E-state index is 0.506. The lowest BCUT2D eigenvalue weighted by atomic mass is 10.0. The van der Waals surface area contributed by atoms with Gasteiger partial charge in [0.15, 0.2) is 5.82 Å². The van der Waals surface area contributed by atoms with Crippen LogP contribution in [0.15, 0.2) is 36.4 Å². The molecule has 0 atom stereocenters. The number of aromatic amines is 1. The molecule has 0 spiro atoms. The molecular weight excluding hydrogens is 323 g/mol. The number of halogens is 2. The standard InChI is InChI=1S/C15H12Cl2N4O/c1-22-14-5-2-9(12-8-11(16)3-4-13(12)17)6-10(14)7-15-18-20-21-19-15/h2-6,8H,7H2,1H3,(H,18,19,20,21). The van der Waals surface area contributed by atoms with Crippen LogP contribution in [0.4, 0.5) is 0 Å². The molecule has 3 rings (SSSR count). The molecule has 0 saturated carbocycles. The van der Waals surface area contributed by atoms with Gasteiger partial charge in [0.25, 0.3) is 0 Å². The third kappa shape index (κ3) is 3.05. The molecule has 0 unspecified atom stereocenters. The number of ether oxygens (including phenoxy) is 1. The first-order valence-electron chi connectivity index (χ1n) is 6.52. The molecule has 22 heavy (non-hydrogen) atoms. The number of methoxy groups -OCH3 is 1. The zero-order valence-corrected chi connectivity index (χ0v) is 13.2. The van der Waals surface area contributed by atoms with Crippen LogP contribution in [0.1, 0.15) is 11.4 Å². The van der Waals surface area contributed by atoms with E-state index in [0.29, 0.717) is 22.3 Å². The number of rotatable bonds is 4. The predicted molar refractivity (Wildman–Crippen MR) is 85.4 cm³/mol. The van der Waals surface area contributed by atoms with Gasteiger partial charge in [-0.2, -0.15) is 5.21 Å². The van der Waals surface area contributed by atoms with Crippen LogP contribution in [0.5, 0.6) is 5.75 Å². The molecule has 0 aliphatic rings. The Labute approximate surface area is 137 Å². The zero-order valence-electron chi connectivity index (χ0n) is 11.7. The minimum Gasteiger partial charge on any atom is -0.496 e. The number of H-pyrrole nitrogens is 1. The molecule has 0 bridgehead atoms. The van der Waals surface area contributed by atoms with E-state index in [2.05, 4.69) is 20.6 Å². The molecule has 0 saturated heterocycles. The fraction of sp³-hybridized carbons (Fsp3) is 0.133. The molecule has 112 valence electrons. The van der Waals surface area contributed by atoms with Crippen molar-refractivity contribution in [2.45, 2.75) is 6.42 Å². The number of aromatic nitrogens is 4. The average molecular weight is 335 g/mol. The van der Waals surface area contributed by atoms with Crippen LogP contribution in [0.2, 0.25) is 10.0 Å². The third-order valence-corrected chi connectivity index (χ3v) is 3.82. The maximum Gasteiger partial charge on any atom is 0.179 e. The Morgan fingerprint density at radius 3 is 2.73 bits per heavy atom. The van der Waals surface area contributed by atoms with Crippen LogP contribution >= 0.6 is 23.2 Å². The highest BCUT2D eigenvalue weighted by Gasteiger charge is 2.11. The summed E-state index contributed by atoms with van der Waals surface area (Å²) in [5, 5.41) is 15.2. The van der Waals surface area contributed by atoms with Crippen LogP contribution in [-0.2, 0) is 6.42 Å². The van der Waals surface area contributed by atoms with E-state index in [9.17, 15) is 0 Å². The first kappa shape index (κ1) is 14.8. The molecule has 3 aromatic rings. The first-order chi connectivity index (χ1) is 10.7. The van der Waals surface area contributed by atoms with E-state index < -0.39 is 0 Å². The van der Waals surface area contributed by atoms with Gasteiger partial charge in [-0.3, -0.25) is 0 Å². The van der Waals surface area contributed by atoms with Crippen molar-refractivity contribution in [1.82, 2.24) is 20.6 Å². The summed E-state index contributed by atoms with van der Waals surface area (Å²) in [5.41, 5.74) is 2.76. The Balaban J connectivity index is 2.04. The van der Waals surface area contributed by atoms with E-state index in [4.69, 9.17) is 27.9 Å². The van der Waals surface area contributed by atoms with Crippen LogP contribution in [0.25, 0.3) is 11.1 Å². The highest BCUT2D eigenvalue weighted by molar-refractivity contribution is 6.35. The molecule has 2 aromatic carbocycles. The second-order valence-electron chi connectivity index (χ2n) is 4.66. The largest absolute Gasteiger partial charge is 0.496 e. The van der Waals surface area contributed by atoms with E-state index in [1.807, 2.05) is 24.3 Å². The number of nitrogens with zero attached hydrogens (tertiary/aromatic N) is 3. The third-order valence-electron chi connectivity index (χ3n) is 3.26. The normalized spacial score (nSPS) is 10.7. The summed E-state index contributed by atoms with van der Waals surface area (Å²) >= 11 is 12.3. The fourth-order valence-electron chi connectivity index (χ4n) is 2.23. The summed E-state index contributed by atoms with van der Waals surface area (Å²) in [5.74, 6) is 1.35. The molecule has 0 amide bonds. The molecule has 1 heterocycles. The van der Waals surface area contributed by atoms with Crippen molar-refractivity contribution in [1.29, 1.82) is 0 Å². The van der Waals surface area contributed by atoms with Crippen molar-refractivity contribution in [2.24, 2.45) is 0 Å². The van der Waals surface area contributed by atoms with Crippen LogP contribution < -0.4 is 4.74 Å². The molecule has 5 nitrogen and oxygen atoms in total. The Bertz CT molecular complexity index is 790. The topological polar surface area (TPSA) is 63.7 Å². The van der Waals surface area contributed by atoms with Gasteiger partial charge in [-0.25, -0.2) is 0 Å². The van der Waals surface area contributed by atoms with E-state index in [1.54, 1.807) is 19.2 Å². The minimum atomic E-state index is 0.506. The van der Waals surface area contributed by atoms with E-state index in [-0.39, 0.29) is 0 Å². The lowest BCUT2D eigenvalue weighted by Crippen LogP contribution is -1.96. The quantitative estimate of drug-likeness (QED) is 0.788. The van der Waals surface area contributed by atoms with Gasteiger partial charge in [0.05, 0.1) is 7.11 Å². The molecule has 0 fully saturated rings. The molecule has 7 heteroatoms. The van der Waals surface area contributed by atoms with Crippen molar-refractivity contribution in [3.63, 3.8) is 0 Å². The van der Waals surface area contributed by atoms with Gasteiger partial charge in [0.2, 0.25) is 0 Å². The van der Waals surface area contributed by atoms with Gasteiger partial charge < -0.3 is 4.74 Å². The Morgan fingerprint density at radius 2 is 2.00 bits per heavy atom. The smallest absolute Gasteiger partial charge is 0.179 e. The maximum absolute atomic E-state index is 6.27. The fourth-order valence-corrected chi connectivity index (χ4v) is 2.63. The van der Waals surface area contributed by atoms with Crippen LogP contribution in [-0.4, -0.2) is 27.7 Å². The predicted octanol–water partition coefficient (Wildman–Crippen LogP) is 3.77. The Kier molecular flexibility index (Phi) is 4.27. The zero-order chi connectivity index (χ0) is 15.5. The Hall–Kier alpha value is -2.11. The van der Waals surface area contributed by atoms with Gasteiger partial charge in [-0.1, -0.05) is 34.5 Å². The van der Waals surface area contributed by atoms with Crippen molar-refractivity contribution in [3.8, 4) is 16.9 Å². The summed E-state index contributed by atoms with van der Waals surface area (Å²) in [7, 11) is 1.63. The van der Waals surface area contributed by atoms with Gasteiger partial charge in [-0.05, 0) is 35.9 Å². The highest BCUT2D eigenvalue weighted by atomic mass is 35.5. The van der Waals surface area contributed by atoms with Crippen molar-refractivity contribution in [3.05, 3.63) is 57.8 Å². The van der Waals surface area contributed by atoms with E-state index in [0.717, 1.165) is 22.4 Å². The van der Waals surface area contributed by atoms with E-state index in [1.165, 1.54) is 0 Å². The summed E-state index contributed by atoms with van der Waals surface area (Å²) in [6, 6.07) is 11.2. The van der Waals surface area contributed by atoms with Crippen molar-refractivity contribution >= 4 is 23.2 Å². The van der Waals surface area contributed by atoms with Crippen molar-refractivity contribution < 1.29 is 4.74 Å². The van der Waals surface area contributed by atoms with E-state index >= 15 is 0 Å². The molecule has 0 aliphatic heterocycles. The summed E-state index contributed by atoms with van der Waals surface area (Å²) in [6.45, 7) is 0. The van der Waals surface area contributed by atoms with Gasteiger partial charge in [-0.15, -0.1) is 10.2 Å². The number of benzene rings is 2. The molecule has 0 radical (unpaired) electrons. The van der Waals surface area contributed by atoms with Gasteiger partial charge in [0, 0.05) is 27.6 Å². The molecule has 1 aromatic heterocycles. The van der Waals surface area contributed by atoms with Crippen LogP contribution in [0.3, 0.4) is 0 Å². The second kappa shape index (κ2) is 6.34. The summed E-state index contributed by atoms with van der Waals surface area (Å²) in [4.78, 5) is 0. The summed E-state index contributed by atoms with van der Waals surface area (Å²) < 4.78 is 5.39. The van der Waals surface area contributed by atoms with Gasteiger partial charge >= 0.3 is 0 Å². The molecule has 0 aliphatic carbocycles. The SMILES string of the molecule is COc1ccc(-c2cc(Cl)ccc2Cl)cc1Cc1nn[nH]n1. The lowest BCUT2D eigenvalue weighted by molar-refractivity contribution is 0.410. The summed E-state index contributed by atoms with van der Waals surface area (Å²) in [6.07, 6.45) is 0.506. The monoisotopic (exact) mass is 334 g/mol. The number of hydrogen-bond donors (Lipinski definition) is 1. The molecular formula is C15H12Cl2N4O. The number of tetrazole rings is 1. The maximum atomic E-state index is 6.27. The van der Waals surface area contributed by atoms with Crippen molar-refractivity contribution in [2.75, 3.05) is 7.11 Å². The second-order valence-corrected chi connectivity index (χ2v) is 5.50. The molecule has 1 N–H and O–H groups in total. The highest BCUT2D eigenvalue weighted by Crippen LogP contribution is 2.33. The number of nitrogens with one attached hydrogen (secondary N) is 1.